The van der Waals surface area contributed by atoms with Crippen molar-refractivity contribution in [3.05, 3.63) is 0 Å². The summed E-state index contributed by atoms with van der Waals surface area (Å²) >= 11 is 1.86. The van der Waals surface area contributed by atoms with E-state index in [1.807, 2.05) is 26.8 Å². The van der Waals surface area contributed by atoms with E-state index < -0.39 is 0 Å². The topological polar surface area (TPSA) is 31.5 Å². The fourth-order valence-corrected chi connectivity index (χ4v) is 0. The second-order valence-electron chi connectivity index (χ2n) is 0. The summed E-state index contributed by atoms with van der Waals surface area (Å²) in [6.45, 7) is 0. The monoisotopic (exact) mass is 136 g/mol. The molecule has 0 heterocycles. The van der Waals surface area contributed by atoms with Gasteiger partial charge >= 0.3 is 26.8 Å². The standard InChI is InChI=1S/CH3.BrH.Mg.H2O/h1H3;1H;;1H2/q;;+1;/p-1. The molecule has 0 aliphatic heterocycles. The first-order chi connectivity index (χ1) is 1.00. The third kappa shape index (κ3) is 10.7. The average molecular weight is 137 g/mol. The predicted molar refractivity (Wildman–Crippen MR) is 15.2 cm³/mol. The molecule has 2 N–H and O–H groups in total. The minimum atomic E-state index is 0. The number of hydrogen-bond donors (Lipinski definition) is 0. The summed E-state index contributed by atoms with van der Waals surface area (Å²) in [7, 11) is 0. The van der Waals surface area contributed by atoms with Gasteiger partial charge in [-0.2, -0.15) is 0 Å². The molecule has 0 aromatic heterocycles. The summed E-state index contributed by atoms with van der Waals surface area (Å²) in [4.78, 5) is 0. The summed E-state index contributed by atoms with van der Waals surface area (Å²) in [6, 6.07) is 0. The molecule has 0 unspecified atom stereocenters. The molecule has 4 heavy (non-hydrogen) atoms. The van der Waals surface area contributed by atoms with E-state index in [0.717, 1.165) is 0 Å². The van der Waals surface area contributed by atoms with Gasteiger partial charge < -0.3 is 22.5 Å². The molecule has 0 aliphatic rings. The Balaban J connectivity index is -0.00000000500. The van der Waals surface area contributed by atoms with Gasteiger partial charge in [0.1, 0.15) is 0 Å². The van der Waals surface area contributed by atoms with Crippen LogP contribution in [0.3, 0.4) is 0 Å². The first kappa shape index (κ1) is 18.9. The van der Waals surface area contributed by atoms with Gasteiger partial charge in [-0.05, 0) is 0 Å². The maximum atomic E-state index is 2.03. The summed E-state index contributed by atoms with van der Waals surface area (Å²) < 4.78 is 0. The Bertz CT molecular complexity index is 8.00. The Hall–Kier alpha value is 1.21. The molecule has 0 aromatic carbocycles. The van der Waals surface area contributed by atoms with Gasteiger partial charge in [-0.3, -0.25) is 0 Å². The summed E-state index contributed by atoms with van der Waals surface area (Å²) in [5.41, 5.74) is 0. The van der Waals surface area contributed by atoms with Crippen molar-refractivity contribution in [3.63, 3.8) is 0 Å². The van der Waals surface area contributed by atoms with E-state index in [9.17, 15) is 0 Å². The van der Waals surface area contributed by atoms with Crippen LogP contribution in [0.25, 0.3) is 0 Å². The Morgan fingerprint density at radius 1 is 1.25 bits per heavy atom. The summed E-state index contributed by atoms with van der Waals surface area (Å²) in [6.07, 6.45) is 0. The van der Waals surface area contributed by atoms with E-state index in [1.165, 1.54) is 0 Å². The van der Waals surface area contributed by atoms with E-state index in [-0.39, 0.29) is 22.5 Å². The van der Waals surface area contributed by atoms with E-state index in [2.05, 4.69) is 0 Å². The van der Waals surface area contributed by atoms with E-state index >= 15 is 0 Å². The average Bonchev–Trinajstić information content (AvgIpc) is 1.00. The second-order valence-corrected chi connectivity index (χ2v) is 0. The van der Waals surface area contributed by atoms with Gasteiger partial charge in [0.2, 0.25) is 0 Å². The van der Waals surface area contributed by atoms with Gasteiger partial charge in [0, 0.05) is 0 Å². The predicted octanol–water partition coefficient (Wildman–Crippen LogP) is -3.62. The molecule has 1 nitrogen and oxygen atoms in total. The molecule has 0 atom stereocenters. The van der Waals surface area contributed by atoms with Crippen LogP contribution in [0.4, 0.5) is 0 Å². The van der Waals surface area contributed by atoms with Crippen molar-refractivity contribution in [2.24, 2.45) is 0 Å². The van der Waals surface area contributed by atoms with Crippen molar-refractivity contribution < 1.29 is 22.5 Å². The third-order valence-corrected chi connectivity index (χ3v) is 0. The molecule has 0 saturated carbocycles. The molecule has 3 heteroatoms. The third-order valence-electron chi connectivity index (χ3n) is 0. The van der Waals surface area contributed by atoms with Crippen molar-refractivity contribution in [1.82, 2.24) is 0 Å². The first-order valence-corrected chi connectivity index (χ1v) is 2.12. The first-order valence-electron chi connectivity index (χ1n) is 0.707. The van der Waals surface area contributed by atoms with E-state index in [1.54, 1.807) is 0 Å². The Morgan fingerprint density at radius 3 is 1.25 bits per heavy atom. The normalized spacial score (nSPS) is 1.75. The van der Waals surface area contributed by atoms with Crippen LogP contribution in [0.15, 0.2) is 0 Å². The molecule has 0 amide bonds. The molecular formula is CH5BrMgO. The zero-order valence-electron chi connectivity index (χ0n) is 2.59. The van der Waals surface area contributed by atoms with Crippen LogP contribution < -0.4 is 17.0 Å². The van der Waals surface area contributed by atoms with Gasteiger partial charge in [-0.15, -0.1) is 0 Å². The number of rotatable bonds is 0. The van der Waals surface area contributed by atoms with Crippen LogP contribution in [0.2, 0.25) is 5.05 Å². The summed E-state index contributed by atoms with van der Waals surface area (Å²) in [5, 5.41) is 2.03. The zero-order chi connectivity index (χ0) is 2.00. The molecule has 0 fully saturated rings. The van der Waals surface area contributed by atoms with Crippen LogP contribution in [-0.2, 0) is 0 Å². The van der Waals surface area contributed by atoms with Crippen LogP contribution in [0, 0.1) is 0 Å². The molecule has 0 saturated heterocycles. The van der Waals surface area contributed by atoms with Crippen LogP contribution in [0.1, 0.15) is 0 Å². The van der Waals surface area contributed by atoms with E-state index in [0.29, 0.717) is 0 Å². The van der Waals surface area contributed by atoms with Gasteiger partial charge in [0.25, 0.3) is 0 Å². The van der Waals surface area contributed by atoms with Gasteiger partial charge in [-0.1, -0.05) is 0 Å². The Morgan fingerprint density at radius 2 is 1.25 bits per heavy atom. The quantitative estimate of drug-likeness (QED) is 0.309. The van der Waals surface area contributed by atoms with Crippen molar-refractivity contribution in [2.45, 2.75) is 5.05 Å². The fourth-order valence-electron chi connectivity index (χ4n) is 0. The molecular weight excluding hydrogens is 132 g/mol. The number of hydrogen-bond acceptors (Lipinski definition) is 0. The SMILES string of the molecule is O.[Br-].[CH3][Mg+]. The van der Waals surface area contributed by atoms with Crippen molar-refractivity contribution >= 4 is 21.7 Å². The van der Waals surface area contributed by atoms with Gasteiger partial charge in [-0.25, -0.2) is 0 Å². The second kappa shape index (κ2) is 29.7. The van der Waals surface area contributed by atoms with Crippen LogP contribution in [0.5, 0.6) is 0 Å². The molecule has 0 bridgehead atoms. The van der Waals surface area contributed by atoms with Crippen molar-refractivity contribution in [1.29, 1.82) is 0 Å². The van der Waals surface area contributed by atoms with Crippen LogP contribution in [-0.4, -0.2) is 27.2 Å². The van der Waals surface area contributed by atoms with Crippen LogP contribution >= 0.6 is 0 Å². The zero-order valence-corrected chi connectivity index (χ0v) is 5.59. The molecule has 0 radical (unpaired) electrons. The summed E-state index contributed by atoms with van der Waals surface area (Å²) in [5.74, 6) is 0. The molecule has 0 spiro atoms. The van der Waals surface area contributed by atoms with Crippen molar-refractivity contribution in [2.75, 3.05) is 0 Å². The van der Waals surface area contributed by atoms with Crippen molar-refractivity contribution in [3.8, 4) is 0 Å². The molecule has 0 rings (SSSR count). The fraction of sp³-hybridized carbons (Fsp3) is 1.00. The number of halogens is 1. The minimum absolute atomic E-state index is 0. The molecule has 0 aromatic rings. The van der Waals surface area contributed by atoms with E-state index in [4.69, 9.17) is 0 Å². The molecule has 24 valence electrons. The van der Waals surface area contributed by atoms with Gasteiger partial charge in [0.05, 0.1) is 0 Å². The Kier molecular flexibility index (Phi) is 141. The maximum absolute atomic E-state index is 2.03. The molecule has 0 aliphatic carbocycles. The Labute approximate surface area is 49.3 Å². The van der Waals surface area contributed by atoms with Gasteiger partial charge in [0.15, 0.2) is 0 Å².